The lowest BCUT2D eigenvalue weighted by atomic mass is 10.1. The summed E-state index contributed by atoms with van der Waals surface area (Å²) in [6.45, 7) is 2.77. The number of hydrogen-bond acceptors (Lipinski definition) is 6. The van der Waals surface area contributed by atoms with Crippen molar-refractivity contribution in [2.45, 2.75) is 19.0 Å². The van der Waals surface area contributed by atoms with Crippen molar-refractivity contribution in [2.24, 2.45) is 0 Å². The van der Waals surface area contributed by atoms with Crippen LogP contribution in [0.3, 0.4) is 0 Å². The van der Waals surface area contributed by atoms with E-state index in [0.717, 1.165) is 37.0 Å². The van der Waals surface area contributed by atoms with Crippen LogP contribution in [0, 0.1) is 10.1 Å². The van der Waals surface area contributed by atoms with Gasteiger partial charge in [0, 0.05) is 37.1 Å². The Hall–Kier alpha value is -3.00. The molecule has 0 unspecified atom stereocenters. The van der Waals surface area contributed by atoms with Gasteiger partial charge in [0.2, 0.25) is 0 Å². The van der Waals surface area contributed by atoms with Gasteiger partial charge in [-0.3, -0.25) is 20.1 Å². The number of anilines is 1. The van der Waals surface area contributed by atoms with Gasteiger partial charge in [-0.2, -0.15) is 5.10 Å². The molecule has 8 nitrogen and oxygen atoms in total. The van der Waals surface area contributed by atoms with Gasteiger partial charge in [0.15, 0.2) is 0 Å². The maximum Gasteiger partial charge on any atom is 0.287 e. The lowest BCUT2D eigenvalue weighted by Gasteiger charge is -2.17. The van der Waals surface area contributed by atoms with Crippen molar-refractivity contribution in [1.82, 2.24) is 20.1 Å². The van der Waals surface area contributed by atoms with Gasteiger partial charge in [-0.1, -0.05) is 18.2 Å². The quantitative estimate of drug-likeness (QED) is 0.548. The van der Waals surface area contributed by atoms with E-state index in [4.69, 9.17) is 0 Å². The van der Waals surface area contributed by atoms with Crippen LogP contribution in [0.5, 0.6) is 0 Å². The molecule has 1 fully saturated rings. The van der Waals surface area contributed by atoms with Crippen molar-refractivity contribution >= 4 is 22.4 Å². The predicted octanol–water partition coefficient (Wildman–Crippen LogP) is 2.55. The van der Waals surface area contributed by atoms with Gasteiger partial charge < -0.3 is 5.32 Å². The van der Waals surface area contributed by atoms with Crippen LogP contribution in [0.4, 0.5) is 11.5 Å². The molecule has 0 radical (unpaired) electrons. The van der Waals surface area contributed by atoms with Crippen LogP contribution in [0.25, 0.3) is 10.9 Å². The first-order valence-corrected chi connectivity index (χ1v) is 8.19. The molecule has 3 heterocycles. The van der Waals surface area contributed by atoms with Crippen LogP contribution < -0.4 is 5.32 Å². The number of H-pyrrole nitrogens is 1. The molecule has 1 aliphatic rings. The third-order valence-corrected chi connectivity index (χ3v) is 4.54. The van der Waals surface area contributed by atoms with Gasteiger partial charge in [-0.25, -0.2) is 4.98 Å². The van der Waals surface area contributed by atoms with Crippen LogP contribution in [0.15, 0.2) is 42.7 Å². The van der Waals surface area contributed by atoms with Crippen LogP contribution in [-0.2, 0) is 6.54 Å². The van der Waals surface area contributed by atoms with E-state index in [-0.39, 0.29) is 11.7 Å². The number of pyridine rings is 1. The van der Waals surface area contributed by atoms with Crippen molar-refractivity contribution in [1.29, 1.82) is 0 Å². The minimum atomic E-state index is -0.440. The number of fused-ring (bicyclic) bond motifs is 1. The van der Waals surface area contributed by atoms with E-state index in [9.17, 15) is 10.1 Å². The summed E-state index contributed by atoms with van der Waals surface area (Å²) in [6, 6.07) is 9.65. The number of hydrogen-bond donors (Lipinski definition) is 2. The fraction of sp³-hybridized carbons (Fsp3) is 0.294. The Morgan fingerprint density at radius 3 is 3.04 bits per heavy atom. The van der Waals surface area contributed by atoms with Crippen molar-refractivity contribution in [3.63, 3.8) is 0 Å². The average molecular weight is 338 g/mol. The van der Waals surface area contributed by atoms with Crippen LogP contribution in [-0.4, -0.2) is 44.1 Å². The molecule has 1 aliphatic heterocycles. The monoisotopic (exact) mass is 338 g/mol. The molecular weight excluding hydrogens is 320 g/mol. The fourth-order valence-electron chi connectivity index (χ4n) is 3.29. The first-order valence-electron chi connectivity index (χ1n) is 8.19. The number of likely N-dealkylation sites (tertiary alicyclic amines) is 1. The highest BCUT2D eigenvalue weighted by molar-refractivity contribution is 5.81. The van der Waals surface area contributed by atoms with Gasteiger partial charge in [0.05, 0.1) is 16.6 Å². The highest BCUT2D eigenvalue weighted by Crippen LogP contribution is 2.21. The molecule has 0 amide bonds. The zero-order valence-corrected chi connectivity index (χ0v) is 13.6. The Morgan fingerprint density at radius 2 is 2.24 bits per heavy atom. The van der Waals surface area contributed by atoms with Gasteiger partial charge in [-0.15, -0.1) is 0 Å². The second-order valence-electron chi connectivity index (χ2n) is 6.28. The molecule has 2 N–H and O–H groups in total. The number of aromatic nitrogens is 3. The summed E-state index contributed by atoms with van der Waals surface area (Å²) in [7, 11) is 0. The maximum atomic E-state index is 10.7. The maximum absolute atomic E-state index is 10.7. The smallest absolute Gasteiger partial charge is 0.287 e. The summed E-state index contributed by atoms with van der Waals surface area (Å²) >= 11 is 0. The molecule has 2 aromatic heterocycles. The summed E-state index contributed by atoms with van der Waals surface area (Å²) in [6.07, 6.45) is 4.14. The Morgan fingerprint density at radius 1 is 1.32 bits per heavy atom. The van der Waals surface area contributed by atoms with Crippen LogP contribution in [0.2, 0.25) is 0 Å². The molecule has 0 saturated carbocycles. The standard InChI is InChI=1S/C17H18N6O2/c24-23(25)15-4-5-16(18-9-15)20-14-6-7-22(11-14)10-13-3-1-2-12-8-19-21-17(12)13/h1-5,8-9,14H,6-7,10-11H2,(H,18,20)(H,19,21)/t14-/m1/s1. The molecule has 128 valence electrons. The first-order chi connectivity index (χ1) is 12.2. The molecule has 0 aliphatic carbocycles. The second-order valence-corrected chi connectivity index (χ2v) is 6.28. The molecule has 4 rings (SSSR count). The molecule has 8 heteroatoms. The zero-order valence-electron chi connectivity index (χ0n) is 13.6. The molecule has 0 spiro atoms. The highest BCUT2D eigenvalue weighted by atomic mass is 16.6. The molecule has 1 aromatic carbocycles. The molecule has 3 aromatic rings. The summed E-state index contributed by atoms with van der Waals surface area (Å²) in [5, 5.41) is 22.3. The Kier molecular flexibility index (Phi) is 4.02. The van der Waals surface area contributed by atoms with E-state index in [1.54, 1.807) is 6.07 Å². The fourth-order valence-corrected chi connectivity index (χ4v) is 3.29. The molecule has 0 bridgehead atoms. The number of rotatable bonds is 5. The van der Waals surface area contributed by atoms with E-state index in [1.807, 2.05) is 6.20 Å². The number of nitrogens with zero attached hydrogens (tertiary/aromatic N) is 4. The number of aromatic amines is 1. The Labute approximate surface area is 144 Å². The van der Waals surface area contributed by atoms with Gasteiger partial charge in [-0.05, 0) is 18.1 Å². The molecule has 1 atom stereocenters. The molecule has 25 heavy (non-hydrogen) atoms. The second kappa shape index (κ2) is 6.48. The van der Waals surface area contributed by atoms with Gasteiger partial charge in [0.25, 0.3) is 5.69 Å². The number of para-hydroxylation sites is 1. The number of nitrogens with one attached hydrogen (secondary N) is 2. The zero-order chi connectivity index (χ0) is 17.2. The molecular formula is C17H18N6O2. The van der Waals surface area contributed by atoms with Gasteiger partial charge >= 0.3 is 0 Å². The SMILES string of the molecule is O=[N+]([O-])c1ccc(N[C@@H]2CCN(Cc3cccc4cn[nH]c34)C2)nc1. The first kappa shape index (κ1) is 15.5. The summed E-state index contributed by atoms with van der Waals surface area (Å²) in [5.41, 5.74) is 2.34. The van der Waals surface area contributed by atoms with Crippen molar-refractivity contribution in [2.75, 3.05) is 18.4 Å². The predicted molar refractivity (Wildman–Crippen MR) is 94.3 cm³/mol. The van der Waals surface area contributed by atoms with E-state index in [0.29, 0.717) is 5.82 Å². The third-order valence-electron chi connectivity index (χ3n) is 4.54. The van der Waals surface area contributed by atoms with E-state index < -0.39 is 4.92 Å². The Balaban J connectivity index is 1.38. The largest absolute Gasteiger partial charge is 0.366 e. The van der Waals surface area contributed by atoms with E-state index >= 15 is 0 Å². The minimum absolute atomic E-state index is 0.00579. The minimum Gasteiger partial charge on any atom is -0.366 e. The number of nitro groups is 1. The van der Waals surface area contributed by atoms with Crippen molar-refractivity contribution in [3.8, 4) is 0 Å². The van der Waals surface area contributed by atoms with E-state index in [2.05, 4.69) is 43.6 Å². The summed E-state index contributed by atoms with van der Waals surface area (Å²) in [4.78, 5) is 16.7. The Bertz CT molecular complexity index is 892. The topological polar surface area (TPSA) is 100.0 Å². The van der Waals surface area contributed by atoms with E-state index in [1.165, 1.54) is 17.8 Å². The molecule has 1 saturated heterocycles. The number of benzene rings is 1. The van der Waals surface area contributed by atoms with Crippen LogP contribution in [0.1, 0.15) is 12.0 Å². The highest BCUT2D eigenvalue weighted by Gasteiger charge is 2.23. The lowest BCUT2D eigenvalue weighted by Crippen LogP contribution is -2.26. The summed E-state index contributed by atoms with van der Waals surface area (Å²) < 4.78 is 0. The third kappa shape index (κ3) is 3.29. The van der Waals surface area contributed by atoms with Gasteiger partial charge in [0.1, 0.15) is 12.0 Å². The van der Waals surface area contributed by atoms with Crippen molar-refractivity contribution in [3.05, 3.63) is 58.4 Å². The normalized spacial score (nSPS) is 17.8. The average Bonchev–Trinajstić information content (AvgIpc) is 3.25. The summed E-state index contributed by atoms with van der Waals surface area (Å²) in [5.74, 6) is 0.674. The van der Waals surface area contributed by atoms with Crippen molar-refractivity contribution < 1.29 is 4.92 Å². The van der Waals surface area contributed by atoms with Crippen LogP contribution >= 0.6 is 0 Å². The lowest BCUT2D eigenvalue weighted by molar-refractivity contribution is -0.385.